The van der Waals surface area contributed by atoms with E-state index in [-0.39, 0.29) is 6.42 Å². The molecule has 0 N–H and O–H groups in total. The van der Waals surface area contributed by atoms with E-state index in [0.717, 1.165) is 5.56 Å². The lowest BCUT2D eigenvalue weighted by atomic mass is 9.97. The summed E-state index contributed by atoms with van der Waals surface area (Å²) in [5.74, 6) is 0. The van der Waals surface area contributed by atoms with Gasteiger partial charge in [-0.05, 0) is 25.2 Å². The second kappa shape index (κ2) is 3.93. The van der Waals surface area contributed by atoms with Gasteiger partial charge < -0.3 is 4.43 Å². The monoisotopic (exact) mass is 249 g/mol. The van der Waals surface area contributed by atoms with E-state index in [1.807, 2.05) is 37.8 Å². The molecule has 0 saturated heterocycles. The van der Waals surface area contributed by atoms with Gasteiger partial charge in [0.25, 0.3) is 0 Å². The fraction of sp³-hybridized carbons (Fsp3) is 0.462. The first kappa shape index (κ1) is 12.3. The molecule has 0 aromatic heterocycles. The number of benzene rings is 1. The Labute approximate surface area is 102 Å². The van der Waals surface area contributed by atoms with E-state index in [0.29, 0.717) is 5.56 Å². The minimum absolute atomic E-state index is 0.272. The van der Waals surface area contributed by atoms with Crippen molar-refractivity contribution in [1.82, 2.24) is 0 Å². The van der Waals surface area contributed by atoms with E-state index in [1.54, 1.807) is 6.07 Å². The van der Waals surface area contributed by atoms with Crippen LogP contribution in [-0.4, -0.2) is 14.5 Å². The molecule has 0 heterocycles. The van der Waals surface area contributed by atoms with Crippen LogP contribution in [0.25, 0.3) is 0 Å². The second-order valence-electron chi connectivity index (χ2n) is 5.39. The highest BCUT2D eigenvalue weighted by molar-refractivity contribution is 6.69. The average Bonchev–Trinajstić information content (AvgIpc) is 2.51. The molecule has 0 amide bonds. The number of halogens is 1. The van der Waals surface area contributed by atoms with E-state index in [4.69, 9.17) is 4.43 Å². The zero-order valence-electron chi connectivity index (χ0n) is 10.3. The standard InChI is InChI=1S/C13H16FNOSi/c1-17(2,3)16-13(9-15)11-7-5-4-6-10(11)8-12(13)14/h4-7,12H,8H2,1-3H3/t12-,13+/m1/s1. The van der Waals surface area contributed by atoms with Crippen molar-refractivity contribution in [3.05, 3.63) is 35.4 Å². The lowest BCUT2D eigenvalue weighted by Gasteiger charge is -2.32. The van der Waals surface area contributed by atoms with Crippen molar-refractivity contribution < 1.29 is 8.82 Å². The summed E-state index contributed by atoms with van der Waals surface area (Å²) < 4.78 is 20.1. The topological polar surface area (TPSA) is 33.0 Å². The smallest absolute Gasteiger partial charge is 0.202 e. The predicted octanol–water partition coefficient (Wildman–Crippen LogP) is 3.15. The molecule has 0 saturated carbocycles. The van der Waals surface area contributed by atoms with Crippen LogP contribution in [0, 0.1) is 11.3 Å². The summed E-state index contributed by atoms with van der Waals surface area (Å²) in [6.07, 6.45) is -0.995. The quantitative estimate of drug-likeness (QED) is 0.754. The molecule has 4 heteroatoms. The van der Waals surface area contributed by atoms with Gasteiger partial charge in [-0.15, -0.1) is 0 Å². The van der Waals surface area contributed by atoms with Crippen molar-refractivity contribution in [3.63, 3.8) is 0 Å². The van der Waals surface area contributed by atoms with E-state index in [9.17, 15) is 9.65 Å². The molecule has 0 spiro atoms. The van der Waals surface area contributed by atoms with E-state index in [1.165, 1.54) is 0 Å². The number of nitriles is 1. The largest absolute Gasteiger partial charge is 0.394 e. The van der Waals surface area contributed by atoms with Gasteiger partial charge in [-0.3, -0.25) is 0 Å². The Morgan fingerprint density at radius 1 is 1.41 bits per heavy atom. The van der Waals surface area contributed by atoms with Crippen LogP contribution < -0.4 is 0 Å². The molecule has 2 rings (SSSR count). The maximum absolute atomic E-state index is 14.2. The SMILES string of the molecule is C[Si](C)(C)O[C@@]1(C#N)c2ccccc2C[C@H]1F. The lowest BCUT2D eigenvalue weighted by molar-refractivity contribution is 0.0413. The molecule has 0 bridgehead atoms. The van der Waals surface area contributed by atoms with Crippen molar-refractivity contribution in [2.24, 2.45) is 0 Å². The van der Waals surface area contributed by atoms with Crippen LogP contribution in [0.3, 0.4) is 0 Å². The van der Waals surface area contributed by atoms with Crippen LogP contribution in [-0.2, 0) is 16.4 Å². The average molecular weight is 249 g/mol. The van der Waals surface area contributed by atoms with Crippen molar-refractivity contribution >= 4 is 8.32 Å². The van der Waals surface area contributed by atoms with Gasteiger partial charge in [0.05, 0.1) is 0 Å². The zero-order valence-corrected chi connectivity index (χ0v) is 11.3. The highest BCUT2D eigenvalue weighted by Crippen LogP contribution is 2.43. The summed E-state index contributed by atoms with van der Waals surface area (Å²) >= 11 is 0. The Morgan fingerprint density at radius 2 is 2.06 bits per heavy atom. The predicted molar refractivity (Wildman–Crippen MR) is 66.8 cm³/mol. The molecule has 0 radical (unpaired) electrons. The third-order valence-corrected chi connectivity index (χ3v) is 3.83. The lowest BCUT2D eigenvalue weighted by Crippen LogP contribution is -2.43. The third-order valence-electron chi connectivity index (χ3n) is 2.89. The molecule has 1 aromatic rings. The number of fused-ring (bicyclic) bond motifs is 1. The third kappa shape index (κ3) is 2.01. The molecule has 2 nitrogen and oxygen atoms in total. The number of alkyl halides is 1. The van der Waals surface area contributed by atoms with Gasteiger partial charge in [0.2, 0.25) is 5.60 Å². The first-order valence-corrected chi connectivity index (χ1v) is 9.14. The van der Waals surface area contributed by atoms with Gasteiger partial charge in [-0.25, -0.2) is 4.39 Å². The number of hydrogen-bond acceptors (Lipinski definition) is 2. The van der Waals surface area contributed by atoms with Crippen molar-refractivity contribution in [2.75, 3.05) is 0 Å². The minimum Gasteiger partial charge on any atom is -0.394 e. The molecular formula is C13H16FNOSi. The highest BCUT2D eigenvalue weighted by atomic mass is 28.4. The van der Waals surface area contributed by atoms with Crippen LogP contribution in [0.15, 0.2) is 24.3 Å². The molecular weight excluding hydrogens is 233 g/mol. The zero-order chi connectivity index (χ0) is 12.7. The Hall–Kier alpha value is -1.18. The van der Waals surface area contributed by atoms with E-state index >= 15 is 0 Å². The number of rotatable bonds is 2. The van der Waals surface area contributed by atoms with Crippen molar-refractivity contribution in [1.29, 1.82) is 5.26 Å². The summed E-state index contributed by atoms with van der Waals surface area (Å²) in [5.41, 5.74) is 0.207. The van der Waals surface area contributed by atoms with E-state index < -0.39 is 20.1 Å². The second-order valence-corrected chi connectivity index (χ2v) is 9.82. The minimum atomic E-state index is -1.99. The Morgan fingerprint density at radius 3 is 2.65 bits per heavy atom. The molecule has 0 aliphatic heterocycles. The van der Waals surface area contributed by atoms with Gasteiger partial charge >= 0.3 is 0 Å². The summed E-state index contributed by atoms with van der Waals surface area (Å²) in [6.45, 7) is 5.92. The summed E-state index contributed by atoms with van der Waals surface area (Å²) in [4.78, 5) is 0. The first-order chi connectivity index (χ1) is 7.89. The van der Waals surface area contributed by atoms with Crippen molar-refractivity contribution in [2.45, 2.75) is 37.8 Å². The fourth-order valence-corrected chi connectivity index (χ4v) is 3.57. The molecule has 17 heavy (non-hydrogen) atoms. The molecule has 2 atom stereocenters. The van der Waals surface area contributed by atoms with Crippen LogP contribution in [0.1, 0.15) is 11.1 Å². The molecule has 1 aliphatic carbocycles. The fourth-order valence-electron chi connectivity index (χ4n) is 2.32. The van der Waals surface area contributed by atoms with Crippen LogP contribution >= 0.6 is 0 Å². The van der Waals surface area contributed by atoms with Gasteiger partial charge in [-0.2, -0.15) is 5.26 Å². The Kier molecular flexibility index (Phi) is 2.84. The molecule has 0 fully saturated rings. The highest BCUT2D eigenvalue weighted by Gasteiger charge is 2.51. The maximum atomic E-state index is 14.2. The summed E-state index contributed by atoms with van der Waals surface area (Å²) in [6, 6.07) is 9.45. The first-order valence-electron chi connectivity index (χ1n) is 5.73. The summed E-state index contributed by atoms with van der Waals surface area (Å²) in [7, 11) is -1.99. The molecule has 90 valence electrons. The van der Waals surface area contributed by atoms with Gasteiger partial charge in [-0.1, -0.05) is 24.3 Å². The van der Waals surface area contributed by atoms with Crippen LogP contribution in [0.4, 0.5) is 4.39 Å². The molecule has 1 aromatic carbocycles. The maximum Gasteiger partial charge on any atom is 0.202 e. The number of nitrogens with zero attached hydrogens (tertiary/aromatic N) is 1. The van der Waals surface area contributed by atoms with Gasteiger partial charge in [0, 0.05) is 12.0 Å². The van der Waals surface area contributed by atoms with Crippen LogP contribution in [0.2, 0.25) is 19.6 Å². The Bertz CT molecular complexity index is 477. The molecule has 0 unspecified atom stereocenters. The normalized spacial score (nSPS) is 27.6. The van der Waals surface area contributed by atoms with Crippen LogP contribution in [0.5, 0.6) is 0 Å². The summed E-state index contributed by atoms with van der Waals surface area (Å²) in [5, 5.41) is 9.40. The van der Waals surface area contributed by atoms with E-state index in [2.05, 4.69) is 6.07 Å². The molecule has 1 aliphatic rings. The van der Waals surface area contributed by atoms with Crippen molar-refractivity contribution in [3.8, 4) is 6.07 Å². The Balaban J connectivity index is 2.51. The van der Waals surface area contributed by atoms with Gasteiger partial charge in [0.1, 0.15) is 12.2 Å². The number of hydrogen-bond donors (Lipinski definition) is 0. The van der Waals surface area contributed by atoms with Gasteiger partial charge in [0.15, 0.2) is 8.32 Å².